The van der Waals surface area contributed by atoms with Crippen molar-refractivity contribution in [3.63, 3.8) is 0 Å². The van der Waals surface area contributed by atoms with Crippen LogP contribution in [-0.4, -0.2) is 12.6 Å². The maximum absolute atomic E-state index is 9.63. The number of carbonyl (C=O) groups is 1. The first kappa shape index (κ1) is 7.21. The van der Waals surface area contributed by atoms with Gasteiger partial charge >= 0.3 is 0 Å². The fraction of sp³-hybridized carbons (Fsp3) is 0.500. The molecule has 0 aliphatic heterocycles. The fourth-order valence-corrected chi connectivity index (χ4v) is 0.385. The molecule has 0 saturated carbocycles. The second-order valence-electron chi connectivity index (χ2n) is 1.57. The predicted molar refractivity (Wildman–Crippen MR) is 31.4 cm³/mol. The van der Waals surface area contributed by atoms with Crippen molar-refractivity contribution in [3.8, 4) is 0 Å². The highest BCUT2D eigenvalue weighted by Gasteiger charge is 1.94. The zero-order chi connectivity index (χ0) is 6.41. The third kappa shape index (κ3) is 3.40. The summed E-state index contributed by atoms with van der Waals surface area (Å²) in [7, 11) is 0. The first-order chi connectivity index (χ1) is 3.81. The number of carbonyl (C=O) groups excluding carboxylic acids is 1. The lowest BCUT2D eigenvalue weighted by Gasteiger charge is -2.03. The molecule has 0 radical (unpaired) electrons. The molecule has 46 valence electrons. The third-order valence-corrected chi connectivity index (χ3v) is 0.786. The summed E-state index contributed by atoms with van der Waals surface area (Å²) in [6.45, 7) is 5.76. The van der Waals surface area contributed by atoms with E-state index in [0.717, 1.165) is 6.42 Å². The Morgan fingerprint density at radius 3 is 2.88 bits per heavy atom. The molecule has 0 aromatic carbocycles. The van der Waals surface area contributed by atoms with Gasteiger partial charge in [0.15, 0.2) is 0 Å². The van der Waals surface area contributed by atoms with Gasteiger partial charge < -0.3 is 4.74 Å². The van der Waals surface area contributed by atoms with Crippen molar-refractivity contribution in [2.45, 2.75) is 19.4 Å². The van der Waals surface area contributed by atoms with E-state index in [4.69, 9.17) is 0 Å². The molecule has 0 bridgehead atoms. The molecule has 0 saturated heterocycles. The summed E-state index contributed by atoms with van der Waals surface area (Å²) in [4.78, 5) is 9.63. The molecule has 0 heterocycles. The molecule has 0 aliphatic carbocycles. The molecule has 1 atom stereocenters. The minimum atomic E-state index is -0.0231. The molecule has 0 unspecified atom stereocenters. The summed E-state index contributed by atoms with van der Waals surface area (Å²) < 4.78 is 4.53. The van der Waals surface area contributed by atoms with E-state index >= 15 is 0 Å². The van der Waals surface area contributed by atoms with Gasteiger partial charge in [-0.05, 0) is 6.92 Å². The normalized spacial score (nSPS) is 12.1. The number of hydrogen-bond acceptors (Lipinski definition) is 2. The highest BCUT2D eigenvalue weighted by molar-refractivity contribution is 5.37. The molecule has 0 aliphatic rings. The van der Waals surface area contributed by atoms with Crippen LogP contribution in [0.5, 0.6) is 0 Å². The summed E-state index contributed by atoms with van der Waals surface area (Å²) in [6, 6.07) is 0. The molecule has 2 nitrogen and oxygen atoms in total. The van der Waals surface area contributed by atoms with Crippen LogP contribution in [0.25, 0.3) is 0 Å². The lowest BCUT2D eigenvalue weighted by molar-refractivity contribution is -0.132. The average molecular weight is 114 g/mol. The first-order valence-corrected chi connectivity index (χ1v) is 2.51. The Balaban J connectivity index is 3.16. The van der Waals surface area contributed by atoms with Gasteiger partial charge in [0.2, 0.25) is 0 Å². The maximum atomic E-state index is 9.63. The second kappa shape index (κ2) is 4.37. The fourth-order valence-electron chi connectivity index (χ4n) is 0.385. The zero-order valence-corrected chi connectivity index (χ0v) is 4.96. The van der Waals surface area contributed by atoms with Crippen LogP contribution in [0.3, 0.4) is 0 Å². The Morgan fingerprint density at radius 1 is 1.88 bits per heavy atom. The summed E-state index contributed by atoms with van der Waals surface area (Å²) >= 11 is 0. The van der Waals surface area contributed by atoms with Crippen LogP contribution in [0.4, 0.5) is 0 Å². The predicted octanol–water partition coefficient (Wildman–Crippen LogP) is 1.12. The van der Waals surface area contributed by atoms with E-state index in [2.05, 4.69) is 11.3 Å². The van der Waals surface area contributed by atoms with Gasteiger partial charge in [-0.2, -0.15) is 0 Å². The summed E-state index contributed by atoms with van der Waals surface area (Å²) in [5.41, 5.74) is 0. The zero-order valence-electron chi connectivity index (χ0n) is 4.96. The van der Waals surface area contributed by atoms with E-state index in [1.54, 1.807) is 6.08 Å². The summed E-state index contributed by atoms with van der Waals surface area (Å²) in [6.07, 6.45) is 2.41. The van der Waals surface area contributed by atoms with E-state index in [9.17, 15) is 4.79 Å². The second-order valence-corrected chi connectivity index (χ2v) is 1.57. The molecule has 0 N–H and O–H groups in total. The molecule has 0 amide bonds. The van der Waals surface area contributed by atoms with Gasteiger partial charge in [-0.3, -0.25) is 4.79 Å². The molecule has 0 fully saturated rings. The van der Waals surface area contributed by atoms with E-state index < -0.39 is 0 Å². The summed E-state index contributed by atoms with van der Waals surface area (Å²) in [5.74, 6) is 0. The Bertz CT molecular complexity index is 68.6. The van der Waals surface area contributed by atoms with Crippen molar-refractivity contribution in [1.29, 1.82) is 0 Å². The number of hydrogen-bond donors (Lipinski definition) is 0. The summed E-state index contributed by atoms with van der Waals surface area (Å²) in [5, 5.41) is 0. The van der Waals surface area contributed by atoms with E-state index in [1.807, 2.05) is 6.92 Å². The lowest BCUT2D eigenvalue weighted by Crippen LogP contribution is -2.03. The van der Waals surface area contributed by atoms with Crippen molar-refractivity contribution in [3.05, 3.63) is 12.7 Å². The van der Waals surface area contributed by atoms with Crippen molar-refractivity contribution >= 4 is 6.47 Å². The van der Waals surface area contributed by atoms with Crippen LogP contribution in [0.1, 0.15) is 13.3 Å². The number of rotatable bonds is 4. The molecule has 0 aromatic rings. The molecule has 8 heavy (non-hydrogen) atoms. The van der Waals surface area contributed by atoms with Gasteiger partial charge in [0.1, 0.15) is 6.10 Å². The average Bonchev–Trinajstić information content (AvgIpc) is 1.68. The highest BCUT2D eigenvalue weighted by atomic mass is 16.5. The van der Waals surface area contributed by atoms with Crippen LogP contribution < -0.4 is 0 Å². The Hall–Kier alpha value is -0.790. The molecule has 0 spiro atoms. The SMILES string of the molecule is C=CC[C@H](C)OC=O. The minimum absolute atomic E-state index is 0.0231. The van der Waals surface area contributed by atoms with Crippen LogP contribution in [0, 0.1) is 0 Å². The van der Waals surface area contributed by atoms with Crippen molar-refractivity contribution in [2.24, 2.45) is 0 Å². The molecular weight excluding hydrogens is 104 g/mol. The van der Waals surface area contributed by atoms with Crippen molar-refractivity contribution in [2.75, 3.05) is 0 Å². The largest absolute Gasteiger partial charge is 0.465 e. The van der Waals surface area contributed by atoms with E-state index in [-0.39, 0.29) is 6.10 Å². The molecule has 0 rings (SSSR count). The lowest BCUT2D eigenvalue weighted by atomic mass is 10.3. The highest BCUT2D eigenvalue weighted by Crippen LogP contribution is 1.93. The smallest absolute Gasteiger partial charge is 0.293 e. The van der Waals surface area contributed by atoms with Crippen LogP contribution in [0.15, 0.2) is 12.7 Å². The Kier molecular flexibility index (Phi) is 3.94. The van der Waals surface area contributed by atoms with Gasteiger partial charge in [-0.25, -0.2) is 0 Å². The first-order valence-electron chi connectivity index (χ1n) is 2.51. The topological polar surface area (TPSA) is 26.3 Å². The molecule has 0 aromatic heterocycles. The van der Waals surface area contributed by atoms with Crippen LogP contribution >= 0.6 is 0 Å². The Labute approximate surface area is 49.1 Å². The Morgan fingerprint density at radius 2 is 2.50 bits per heavy atom. The standard InChI is InChI=1S/C6H10O2/c1-3-4-6(2)8-5-7/h3,5-6H,1,4H2,2H3/t6-/m0/s1. The third-order valence-electron chi connectivity index (χ3n) is 0.786. The monoisotopic (exact) mass is 114 g/mol. The minimum Gasteiger partial charge on any atom is -0.465 e. The van der Waals surface area contributed by atoms with Gasteiger partial charge in [0.25, 0.3) is 6.47 Å². The molecule has 2 heteroatoms. The maximum Gasteiger partial charge on any atom is 0.293 e. The van der Waals surface area contributed by atoms with Crippen molar-refractivity contribution < 1.29 is 9.53 Å². The quantitative estimate of drug-likeness (QED) is 0.404. The van der Waals surface area contributed by atoms with E-state index in [1.165, 1.54) is 0 Å². The van der Waals surface area contributed by atoms with Crippen LogP contribution in [0.2, 0.25) is 0 Å². The molecular formula is C6H10O2. The number of ether oxygens (including phenoxy) is 1. The van der Waals surface area contributed by atoms with Gasteiger partial charge in [-0.15, -0.1) is 6.58 Å². The van der Waals surface area contributed by atoms with Gasteiger partial charge in [0, 0.05) is 6.42 Å². The van der Waals surface area contributed by atoms with Gasteiger partial charge in [0.05, 0.1) is 0 Å². The van der Waals surface area contributed by atoms with Gasteiger partial charge in [-0.1, -0.05) is 6.08 Å². The van der Waals surface area contributed by atoms with Crippen LogP contribution in [-0.2, 0) is 9.53 Å². The van der Waals surface area contributed by atoms with E-state index in [0.29, 0.717) is 6.47 Å². The van der Waals surface area contributed by atoms with Crippen molar-refractivity contribution in [1.82, 2.24) is 0 Å².